The molecule has 0 amide bonds. The fraction of sp³-hybridized carbons (Fsp3) is 0.519. The van der Waals surface area contributed by atoms with Gasteiger partial charge in [-0.05, 0) is 42.4 Å². The SMILES string of the molecule is CCCCCCCCc1ccc(CCC(N)(CO)CO)cc1.O=C(O)C(O)c1ccccc1. The maximum atomic E-state index is 10.2. The second-order valence-electron chi connectivity index (χ2n) is 8.66. The number of aliphatic carboxylic acids is 1. The molecule has 0 saturated carbocycles. The molecular formula is C27H41NO5. The van der Waals surface area contributed by atoms with Crippen LogP contribution in [0.25, 0.3) is 0 Å². The second kappa shape index (κ2) is 16.4. The van der Waals surface area contributed by atoms with Crippen molar-refractivity contribution in [2.75, 3.05) is 13.2 Å². The molecule has 1 atom stereocenters. The summed E-state index contributed by atoms with van der Waals surface area (Å²) in [6, 6.07) is 16.9. The summed E-state index contributed by atoms with van der Waals surface area (Å²) in [6.07, 6.45) is 9.10. The third-order valence-corrected chi connectivity index (χ3v) is 5.73. The van der Waals surface area contributed by atoms with E-state index in [1.165, 1.54) is 49.7 Å². The van der Waals surface area contributed by atoms with Gasteiger partial charge in [0, 0.05) is 0 Å². The Balaban J connectivity index is 0.000000412. The number of rotatable bonds is 14. The van der Waals surface area contributed by atoms with Gasteiger partial charge in [-0.2, -0.15) is 0 Å². The Kier molecular flexibility index (Phi) is 14.3. The van der Waals surface area contributed by atoms with Crippen LogP contribution in [-0.4, -0.2) is 45.1 Å². The van der Waals surface area contributed by atoms with E-state index in [1.54, 1.807) is 30.3 Å². The molecule has 6 heteroatoms. The molecule has 0 radical (unpaired) electrons. The lowest BCUT2D eigenvalue weighted by Crippen LogP contribution is -2.47. The predicted molar refractivity (Wildman–Crippen MR) is 132 cm³/mol. The van der Waals surface area contributed by atoms with E-state index in [-0.39, 0.29) is 13.2 Å². The van der Waals surface area contributed by atoms with Crippen LogP contribution in [0.1, 0.15) is 74.7 Å². The van der Waals surface area contributed by atoms with E-state index in [9.17, 15) is 15.0 Å². The summed E-state index contributed by atoms with van der Waals surface area (Å²) >= 11 is 0. The van der Waals surface area contributed by atoms with Crippen LogP contribution in [0.4, 0.5) is 0 Å². The molecule has 0 aliphatic heterocycles. The fourth-order valence-electron chi connectivity index (χ4n) is 3.36. The quantitative estimate of drug-likeness (QED) is 0.272. The number of carboxylic acids is 1. The zero-order valence-electron chi connectivity index (χ0n) is 19.8. The molecule has 0 aliphatic rings. The number of aliphatic hydroxyl groups is 3. The minimum Gasteiger partial charge on any atom is -0.479 e. The molecule has 0 saturated heterocycles. The smallest absolute Gasteiger partial charge is 0.337 e. The lowest BCUT2D eigenvalue weighted by Gasteiger charge is -2.24. The second-order valence-corrected chi connectivity index (χ2v) is 8.66. The number of hydrogen-bond donors (Lipinski definition) is 5. The van der Waals surface area contributed by atoms with Crippen LogP contribution >= 0.6 is 0 Å². The number of nitrogens with two attached hydrogens (primary N) is 1. The Labute approximate surface area is 198 Å². The van der Waals surface area contributed by atoms with Crippen molar-refractivity contribution in [1.82, 2.24) is 0 Å². The monoisotopic (exact) mass is 459 g/mol. The first kappa shape index (κ1) is 28.8. The van der Waals surface area contributed by atoms with Crippen molar-refractivity contribution in [3.8, 4) is 0 Å². The first-order chi connectivity index (χ1) is 15.8. The van der Waals surface area contributed by atoms with Gasteiger partial charge in [-0.15, -0.1) is 0 Å². The third-order valence-electron chi connectivity index (χ3n) is 5.73. The third kappa shape index (κ3) is 12.0. The molecule has 2 rings (SSSR count). The molecule has 0 fully saturated rings. The molecule has 0 spiro atoms. The fourth-order valence-corrected chi connectivity index (χ4v) is 3.36. The molecule has 2 aromatic carbocycles. The molecule has 33 heavy (non-hydrogen) atoms. The highest BCUT2D eigenvalue weighted by Gasteiger charge is 2.22. The maximum absolute atomic E-state index is 10.2. The lowest BCUT2D eigenvalue weighted by atomic mass is 9.93. The first-order valence-corrected chi connectivity index (χ1v) is 11.9. The topological polar surface area (TPSA) is 124 Å². The number of aliphatic hydroxyl groups excluding tert-OH is 3. The van der Waals surface area contributed by atoms with Gasteiger partial charge < -0.3 is 26.2 Å². The number of aryl methyl sites for hydroxylation is 2. The Bertz CT molecular complexity index is 760. The zero-order chi connectivity index (χ0) is 24.5. The van der Waals surface area contributed by atoms with Crippen LogP contribution < -0.4 is 5.73 Å². The average molecular weight is 460 g/mol. The molecule has 0 bridgehead atoms. The molecule has 1 unspecified atom stereocenters. The highest BCUT2D eigenvalue weighted by molar-refractivity contribution is 5.73. The number of benzene rings is 2. The van der Waals surface area contributed by atoms with Crippen molar-refractivity contribution in [2.24, 2.45) is 5.73 Å². The van der Waals surface area contributed by atoms with Crippen LogP contribution in [0.5, 0.6) is 0 Å². The van der Waals surface area contributed by atoms with Crippen LogP contribution in [0.15, 0.2) is 54.6 Å². The Morgan fingerprint density at radius 2 is 1.36 bits per heavy atom. The van der Waals surface area contributed by atoms with Crippen LogP contribution in [0.3, 0.4) is 0 Å². The molecule has 0 heterocycles. The van der Waals surface area contributed by atoms with Gasteiger partial charge in [0.15, 0.2) is 6.10 Å². The molecule has 184 valence electrons. The van der Waals surface area contributed by atoms with Gasteiger partial charge in [-0.3, -0.25) is 0 Å². The Morgan fingerprint density at radius 1 is 0.848 bits per heavy atom. The minimum atomic E-state index is -1.41. The molecule has 6 N–H and O–H groups in total. The van der Waals surface area contributed by atoms with Crippen molar-refractivity contribution >= 4 is 5.97 Å². The van der Waals surface area contributed by atoms with Crippen molar-refractivity contribution in [3.63, 3.8) is 0 Å². The molecule has 0 aromatic heterocycles. The van der Waals surface area contributed by atoms with Crippen LogP contribution in [-0.2, 0) is 17.6 Å². The van der Waals surface area contributed by atoms with E-state index in [4.69, 9.17) is 15.9 Å². The summed E-state index contributed by atoms with van der Waals surface area (Å²) in [4.78, 5) is 10.2. The van der Waals surface area contributed by atoms with Crippen molar-refractivity contribution in [3.05, 3.63) is 71.3 Å². The Morgan fingerprint density at radius 3 is 1.88 bits per heavy atom. The lowest BCUT2D eigenvalue weighted by molar-refractivity contribution is -0.146. The van der Waals surface area contributed by atoms with Crippen molar-refractivity contribution < 1.29 is 25.2 Å². The highest BCUT2D eigenvalue weighted by atomic mass is 16.4. The average Bonchev–Trinajstić information content (AvgIpc) is 2.85. The Hall–Kier alpha value is -2.25. The van der Waals surface area contributed by atoms with Crippen molar-refractivity contribution in [2.45, 2.75) is 76.4 Å². The summed E-state index contributed by atoms with van der Waals surface area (Å²) in [5.41, 5.74) is 8.03. The first-order valence-electron chi connectivity index (χ1n) is 11.9. The highest BCUT2D eigenvalue weighted by Crippen LogP contribution is 2.15. The van der Waals surface area contributed by atoms with E-state index < -0.39 is 17.6 Å². The molecule has 6 nitrogen and oxygen atoms in total. The van der Waals surface area contributed by atoms with Crippen molar-refractivity contribution in [1.29, 1.82) is 0 Å². The van der Waals surface area contributed by atoms with Gasteiger partial charge in [0.1, 0.15) is 0 Å². The van der Waals surface area contributed by atoms with Gasteiger partial charge in [0.2, 0.25) is 0 Å². The number of carbonyl (C=O) groups is 1. The normalized spacial score (nSPS) is 12.0. The largest absolute Gasteiger partial charge is 0.479 e. The summed E-state index contributed by atoms with van der Waals surface area (Å²) in [5, 5.41) is 35.8. The number of hydrogen-bond acceptors (Lipinski definition) is 5. The predicted octanol–water partition coefficient (Wildman–Crippen LogP) is 4.01. The van der Waals surface area contributed by atoms with Gasteiger partial charge in [-0.1, -0.05) is 93.6 Å². The minimum absolute atomic E-state index is 0.181. The summed E-state index contributed by atoms with van der Waals surface area (Å²) in [6.45, 7) is 1.89. The zero-order valence-corrected chi connectivity index (χ0v) is 19.8. The number of unbranched alkanes of at least 4 members (excludes halogenated alkanes) is 5. The molecule has 2 aromatic rings. The van der Waals surface area contributed by atoms with Crippen LogP contribution in [0.2, 0.25) is 0 Å². The van der Waals surface area contributed by atoms with Gasteiger partial charge in [0.25, 0.3) is 0 Å². The van der Waals surface area contributed by atoms with E-state index in [0.29, 0.717) is 12.0 Å². The standard InChI is InChI=1S/C19H33NO2.C8H8O3/c1-2-3-4-5-6-7-8-17-9-11-18(12-10-17)13-14-19(20,15-21)16-22;9-7(8(10)11)6-4-2-1-3-5-6/h9-12,21-22H,2-8,13-16,20H2,1H3;1-5,7,9H,(H,10,11). The molecule has 0 aliphatic carbocycles. The number of carboxylic acid groups (broad SMARTS) is 1. The van der Waals surface area contributed by atoms with E-state index in [0.717, 1.165) is 12.8 Å². The molecular weight excluding hydrogens is 418 g/mol. The summed E-state index contributed by atoms with van der Waals surface area (Å²) in [7, 11) is 0. The maximum Gasteiger partial charge on any atom is 0.337 e. The van der Waals surface area contributed by atoms with Gasteiger partial charge >= 0.3 is 5.97 Å². The van der Waals surface area contributed by atoms with E-state index >= 15 is 0 Å². The van der Waals surface area contributed by atoms with E-state index in [2.05, 4.69) is 31.2 Å². The summed E-state index contributed by atoms with van der Waals surface area (Å²) < 4.78 is 0. The van der Waals surface area contributed by atoms with E-state index in [1.807, 2.05) is 0 Å². The van der Waals surface area contributed by atoms with Gasteiger partial charge in [-0.25, -0.2) is 4.79 Å². The van der Waals surface area contributed by atoms with Crippen LogP contribution in [0, 0.1) is 0 Å². The summed E-state index contributed by atoms with van der Waals surface area (Å²) in [5.74, 6) is -1.23. The van der Waals surface area contributed by atoms with Gasteiger partial charge in [0.05, 0.1) is 18.8 Å².